The van der Waals surface area contributed by atoms with Gasteiger partial charge in [0.2, 0.25) is 11.8 Å². The Labute approximate surface area is 112 Å². The molecule has 4 N–H and O–H groups in total. The second-order valence-electron chi connectivity index (χ2n) is 4.93. The van der Waals surface area contributed by atoms with E-state index in [1.165, 1.54) is 4.90 Å². The zero-order valence-electron chi connectivity index (χ0n) is 11.0. The van der Waals surface area contributed by atoms with Gasteiger partial charge >= 0.3 is 0 Å². The van der Waals surface area contributed by atoms with Gasteiger partial charge in [0.05, 0.1) is 26.4 Å². The summed E-state index contributed by atoms with van der Waals surface area (Å²) in [7, 11) is 0. The minimum Gasteiger partial charge on any atom is -0.394 e. The molecule has 0 unspecified atom stereocenters. The molecule has 110 valence electrons. The molecule has 1 fully saturated rings. The first-order valence-corrected chi connectivity index (χ1v) is 6.48. The number of carbonyl (C=O) groups excluding carboxylic acids is 2. The predicted octanol–water partition coefficient (Wildman–Crippen LogP) is -1.78. The molecule has 0 bridgehead atoms. The Morgan fingerprint density at radius 1 is 1.16 bits per heavy atom. The number of hydrogen-bond acceptors (Lipinski definition) is 5. The van der Waals surface area contributed by atoms with Crippen molar-refractivity contribution in [2.75, 3.05) is 32.9 Å². The molecule has 0 aromatic heterocycles. The molecule has 0 radical (unpaired) electrons. The average Bonchev–Trinajstić information content (AvgIpc) is 2.62. The number of likely N-dealkylation sites (tertiary alicyclic amines) is 1. The highest BCUT2D eigenvalue weighted by atomic mass is 16.3. The van der Waals surface area contributed by atoms with Crippen LogP contribution in [0.25, 0.3) is 0 Å². The zero-order valence-corrected chi connectivity index (χ0v) is 11.0. The van der Waals surface area contributed by atoms with Crippen molar-refractivity contribution < 1.29 is 24.9 Å². The molecule has 19 heavy (non-hydrogen) atoms. The second-order valence-corrected chi connectivity index (χ2v) is 4.93. The van der Waals surface area contributed by atoms with Crippen LogP contribution in [0.4, 0.5) is 0 Å². The van der Waals surface area contributed by atoms with Gasteiger partial charge < -0.3 is 25.5 Å². The van der Waals surface area contributed by atoms with Crippen LogP contribution in [0.3, 0.4) is 0 Å². The van der Waals surface area contributed by atoms with Crippen LogP contribution in [0.15, 0.2) is 0 Å². The lowest BCUT2D eigenvalue weighted by molar-refractivity contribution is -0.137. The van der Waals surface area contributed by atoms with Crippen molar-refractivity contribution in [2.24, 2.45) is 0 Å². The molecule has 1 rings (SSSR count). The molecule has 7 nitrogen and oxygen atoms in total. The van der Waals surface area contributed by atoms with Gasteiger partial charge in [-0.3, -0.25) is 9.59 Å². The van der Waals surface area contributed by atoms with Crippen molar-refractivity contribution in [1.29, 1.82) is 0 Å². The quantitative estimate of drug-likeness (QED) is 0.458. The Morgan fingerprint density at radius 2 is 1.79 bits per heavy atom. The van der Waals surface area contributed by atoms with E-state index < -0.39 is 31.3 Å². The number of amides is 2. The number of aliphatic hydroxyl groups excluding tert-OH is 3. The van der Waals surface area contributed by atoms with Gasteiger partial charge in [-0.15, -0.1) is 0 Å². The number of aliphatic hydroxyl groups is 3. The smallest absolute Gasteiger partial charge is 0.240 e. The van der Waals surface area contributed by atoms with Crippen LogP contribution < -0.4 is 5.32 Å². The fraction of sp³-hybridized carbons (Fsp3) is 0.833. The molecule has 0 spiro atoms. The third-order valence-electron chi connectivity index (χ3n) is 3.32. The molecular formula is C12H22N2O5. The number of nitrogens with zero attached hydrogens (tertiary/aromatic N) is 1. The van der Waals surface area contributed by atoms with Gasteiger partial charge in [-0.1, -0.05) is 6.42 Å². The van der Waals surface area contributed by atoms with Gasteiger partial charge in [-0.2, -0.15) is 0 Å². The van der Waals surface area contributed by atoms with Crippen molar-refractivity contribution in [3.63, 3.8) is 0 Å². The van der Waals surface area contributed by atoms with Crippen LogP contribution >= 0.6 is 0 Å². The highest BCUT2D eigenvalue weighted by Crippen LogP contribution is 2.11. The Bertz CT molecular complexity index is 309. The van der Waals surface area contributed by atoms with Crippen molar-refractivity contribution in [2.45, 2.75) is 31.2 Å². The van der Waals surface area contributed by atoms with E-state index in [1.807, 2.05) is 0 Å². The standard InChI is InChI=1S/C12H22N2O5/c15-7-12(8-16,9-17)13-10(18)6-14-5-3-1-2-4-11(14)19/h15-17H,1-9H2,(H,13,18). The first-order chi connectivity index (χ1) is 9.06. The van der Waals surface area contributed by atoms with E-state index in [0.29, 0.717) is 13.0 Å². The summed E-state index contributed by atoms with van der Waals surface area (Å²) in [5, 5.41) is 29.7. The lowest BCUT2D eigenvalue weighted by atomic mass is 10.0. The third-order valence-corrected chi connectivity index (χ3v) is 3.32. The predicted molar refractivity (Wildman–Crippen MR) is 67.2 cm³/mol. The lowest BCUT2D eigenvalue weighted by Gasteiger charge is -2.30. The third kappa shape index (κ3) is 4.45. The van der Waals surface area contributed by atoms with Crippen LogP contribution in [-0.4, -0.2) is 70.5 Å². The molecule has 0 saturated carbocycles. The molecule has 2 amide bonds. The number of hydrogen-bond donors (Lipinski definition) is 4. The van der Waals surface area contributed by atoms with E-state index in [0.717, 1.165) is 19.3 Å². The Morgan fingerprint density at radius 3 is 2.37 bits per heavy atom. The zero-order chi connectivity index (χ0) is 14.3. The topological polar surface area (TPSA) is 110 Å². The van der Waals surface area contributed by atoms with Gasteiger partial charge in [-0.25, -0.2) is 0 Å². The van der Waals surface area contributed by atoms with Gasteiger partial charge in [0, 0.05) is 13.0 Å². The minimum absolute atomic E-state index is 0.0600. The van der Waals surface area contributed by atoms with Crippen LogP contribution in [0.5, 0.6) is 0 Å². The van der Waals surface area contributed by atoms with Crippen LogP contribution in [0, 0.1) is 0 Å². The summed E-state index contributed by atoms with van der Waals surface area (Å²) < 4.78 is 0. The molecule has 1 saturated heterocycles. The number of nitrogens with one attached hydrogen (secondary N) is 1. The monoisotopic (exact) mass is 274 g/mol. The van der Waals surface area contributed by atoms with Gasteiger partial charge in [0.25, 0.3) is 0 Å². The Hall–Kier alpha value is -1.18. The minimum atomic E-state index is -1.44. The maximum atomic E-state index is 11.8. The Kier molecular flexibility index (Phi) is 6.20. The average molecular weight is 274 g/mol. The molecular weight excluding hydrogens is 252 g/mol. The van der Waals surface area contributed by atoms with E-state index in [9.17, 15) is 9.59 Å². The largest absolute Gasteiger partial charge is 0.394 e. The van der Waals surface area contributed by atoms with Gasteiger partial charge in [-0.05, 0) is 12.8 Å². The van der Waals surface area contributed by atoms with Crippen LogP contribution in [0.1, 0.15) is 25.7 Å². The molecule has 0 aliphatic carbocycles. The second kappa shape index (κ2) is 7.42. The van der Waals surface area contributed by atoms with E-state index in [-0.39, 0.29) is 12.5 Å². The summed E-state index contributed by atoms with van der Waals surface area (Å²) in [5.74, 6) is -0.553. The number of rotatable bonds is 6. The van der Waals surface area contributed by atoms with Gasteiger partial charge in [0.1, 0.15) is 5.54 Å². The summed E-state index contributed by atoms with van der Waals surface area (Å²) >= 11 is 0. The summed E-state index contributed by atoms with van der Waals surface area (Å²) in [6.07, 6.45) is 3.12. The van der Waals surface area contributed by atoms with E-state index in [2.05, 4.69) is 5.32 Å². The van der Waals surface area contributed by atoms with Crippen molar-refractivity contribution >= 4 is 11.8 Å². The van der Waals surface area contributed by atoms with E-state index in [4.69, 9.17) is 15.3 Å². The first-order valence-electron chi connectivity index (χ1n) is 6.48. The van der Waals surface area contributed by atoms with Crippen molar-refractivity contribution in [3.8, 4) is 0 Å². The molecule has 0 aromatic carbocycles. The lowest BCUT2D eigenvalue weighted by Crippen LogP contribution is -2.59. The maximum Gasteiger partial charge on any atom is 0.240 e. The summed E-state index contributed by atoms with van der Waals surface area (Å²) in [5.41, 5.74) is -1.44. The highest BCUT2D eigenvalue weighted by molar-refractivity contribution is 5.85. The summed E-state index contributed by atoms with van der Waals surface area (Å²) in [4.78, 5) is 25.0. The maximum absolute atomic E-state index is 11.8. The van der Waals surface area contributed by atoms with Gasteiger partial charge in [0.15, 0.2) is 0 Å². The van der Waals surface area contributed by atoms with Crippen molar-refractivity contribution in [3.05, 3.63) is 0 Å². The fourth-order valence-corrected chi connectivity index (χ4v) is 1.98. The normalized spacial score (nSPS) is 17.2. The van der Waals surface area contributed by atoms with E-state index >= 15 is 0 Å². The molecule has 1 aliphatic heterocycles. The van der Waals surface area contributed by atoms with Crippen LogP contribution in [0.2, 0.25) is 0 Å². The fourth-order valence-electron chi connectivity index (χ4n) is 1.98. The molecule has 1 aliphatic rings. The van der Waals surface area contributed by atoms with Crippen molar-refractivity contribution in [1.82, 2.24) is 10.2 Å². The Balaban J connectivity index is 2.56. The van der Waals surface area contributed by atoms with E-state index in [1.54, 1.807) is 0 Å². The molecule has 0 aromatic rings. The molecule has 7 heteroatoms. The number of carbonyl (C=O) groups is 2. The summed E-state index contributed by atoms with van der Waals surface area (Å²) in [6.45, 7) is -1.28. The molecule has 1 heterocycles. The first kappa shape index (κ1) is 15.9. The highest BCUT2D eigenvalue weighted by Gasteiger charge is 2.31. The molecule has 0 atom stereocenters. The summed E-state index contributed by atoms with van der Waals surface area (Å²) in [6, 6.07) is 0. The SMILES string of the molecule is O=C(CN1CCCCCC1=O)NC(CO)(CO)CO. The van der Waals surface area contributed by atoms with Crippen LogP contribution in [-0.2, 0) is 9.59 Å².